The van der Waals surface area contributed by atoms with E-state index in [1.54, 1.807) is 4.90 Å². The largest absolute Gasteiger partial charge is 0.444 e. The Labute approximate surface area is 95.3 Å². The quantitative estimate of drug-likeness (QED) is 0.666. The van der Waals surface area contributed by atoms with Gasteiger partial charge < -0.3 is 19.5 Å². The molecule has 0 aliphatic carbocycles. The lowest BCUT2D eigenvalue weighted by atomic mass is 9.89. The van der Waals surface area contributed by atoms with Gasteiger partial charge in [-0.25, -0.2) is 4.79 Å². The number of hydrogen-bond donors (Lipinski definition) is 1. The van der Waals surface area contributed by atoms with E-state index in [0.29, 0.717) is 26.1 Å². The highest BCUT2D eigenvalue weighted by Crippen LogP contribution is 2.35. The number of nitrogens with zero attached hydrogens (tertiary/aromatic N) is 1. The van der Waals surface area contributed by atoms with Gasteiger partial charge in [-0.1, -0.05) is 0 Å². The van der Waals surface area contributed by atoms with Gasteiger partial charge in [0, 0.05) is 0 Å². The average molecular weight is 229 g/mol. The third-order valence-corrected chi connectivity index (χ3v) is 2.96. The second kappa shape index (κ2) is 3.60. The summed E-state index contributed by atoms with van der Waals surface area (Å²) < 4.78 is 10.7. The van der Waals surface area contributed by atoms with Crippen molar-refractivity contribution < 1.29 is 19.4 Å². The monoisotopic (exact) mass is 229 g/mol. The molecule has 2 rings (SSSR count). The van der Waals surface area contributed by atoms with E-state index in [1.807, 2.05) is 20.8 Å². The number of ether oxygens (including phenoxy) is 2. The van der Waals surface area contributed by atoms with Crippen LogP contribution >= 0.6 is 0 Å². The zero-order chi connectivity index (χ0) is 12.0. The second-order valence-corrected chi connectivity index (χ2v) is 5.55. The Bertz CT molecular complexity index is 291. The SMILES string of the molecule is CC(C)(C)OC(=O)N1CC2(C1)OCC[C@@H]2O. The van der Waals surface area contributed by atoms with Crippen LogP contribution in [-0.4, -0.2) is 53.1 Å². The highest BCUT2D eigenvalue weighted by molar-refractivity contribution is 5.69. The van der Waals surface area contributed by atoms with Crippen molar-refractivity contribution in [2.75, 3.05) is 19.7 Å². The molecular formula is C11H19NO4. The highest BCUT2D eigenvalue weighted by atomic mass is 16.6. The Morgan fingerprint density at radius 3 is 2.56 bits per heavy atom. The molecule has 2 saturated heterocycles. The van der Waals surface area contributed by atoms with Crippen molar-refractivity contribution in [2.24, 2.45) is 0 Å². The van der Waals surface area contributed by atoms with Crippen molar-refractivity contribution in [3.8, 4) is 0 Å². The number of carbonyl (C=O) groups is 1. The smallest absolute Gasteiger partial charge is 0.410 e. The number of carbonyl (C=O) groups excluding carboxylic acids is 1. The summed E-state index contributed by atoms with van der Waals surface area (Å²) in [5.74, 6) is 0. The molecule has 2 fully saturated rings. The minimum atomic E-state index is -0.517. The van der Waals surface area contributed by atoms with Gasteiger partial charge in [-0.3, -0.25) is 0 Å². The van der Waals surface area contributed by atoms with E-state index in [1.165, 1.54) is 0 Å². The van der Waals surface area contributed by atoms with Crippen LogP contribution in [0.2, 0.25) is 0 Å². The predicted molar refractivity (Wildman–Crippen MR) is 57.1 cm³/mol. The van der Waals surface area contributed by atoms with Crippen LogP contribution in [0.1, 0.15) is 27.2 Å². The summed E-state index contributed by atoms with van der Waals surface area (Å²) in [7, 11) is 0. The molecule has 92 valence electrons. The Kier molecular flexibility index (Phi) is 2.62. The van der Waals surface area contributed by atoms with Crippen molar-refractivity contribution in [2.45, 2.75) is 44.5 Å². The number of rotatable bonds is 0. The van der Waals surface area contributed by atoms with Crippen LogP contribution in [0.25, 0.3) is 0 Å². The maximum absolute atomic E-state index is 11.7. The summed E-state index contributed by atoms with van der Waals surface area (Å²) in [4.78, 5) is 13.2. The van der Waals surface area contributed by atoms with Crippen molar-refractivity contribution in [3.63, 3.8) is 0 Å². The lowest BCUT2D eigenvalue weighted by molar-refractivity contribution is -0.147. The molecular weight excluding hydrogens is 210 g/mol. The van der Waals surface area contributed by atoms with Gasteiger partial charge in [0.15, 0.2) is 0 Å². The number of amides is 1. The minimum Gasteiger partial charge on any atom is -0.444 e. The molecule has 5 heteroatoms. The molecule has 0 aromatic rings. The third kappa shape index (κ3) is 2.01. The van der Waals surface area contributed by atoms with E-state index in [-0.39, 0.29) is 6.09 Å². The first-order valence-electron chi connectivity index (χ1n) is 5.62. The summed E-state index contributed by atoms with van der Waals surface area (Å²) in [6, 6.07) is 0. The summed E-state index contributed by atoms with van der Waals surface area (Å²) in [6.45, 7) is 6.94. The summed E-state index contributed by atoms with van der Waals surface area (Å²) >= 11 is 0. The van der Waals surface area contributed by atoms with Crippen LogP contribution in [0.15, 0.2) is 0 Å². The first-order valence-corrected chi connectivity index (χ1v) is 5.62. The van der Waals surface area contributed by atoms with Gasteiger partial charge >= 0.3 is 6.09 Å². The lowest BCUT2D eigenvalue weighted by Crippen LogP contribution is -2.68. The van der Waals surface area contributed by atoms with Gasteiger partial charge in [-0.15, -0.1) is 0 Å². The molecule has 0 bridgehead atoms. The molecule has 2 heterocycles. The summed E-state index contributed by atoms with van der Waals surface area (Å²) in [6.07, 6.45) is -0.130. The highest BCUT2D eigenvalue weighted by Gasteiger charge is 2.55. The van der Waals surface area contributed by atoms with Gasteiger partial charge in [-0.05, 0) is 27.2 Å². The standard InChI is InChI=1S/C11H19NO4/c1-10(2,3)16-9(14)12-6-11(7-12)8(13)4-5-15-11/h8,13H,4-7H2,1-3H3/t8-/m0/s1. The van der Waals surface area contributed by atoms with E-state index in [2.05, 4.69) is 0 Å². The van der Waals surface area contributed by atoms with Crippen LogP contribution in [-0.2, 0) is 9.47 Å². The first-order chi connectivity index (χ1) is 7.32. The first kappa shape index (κ1) is 11.7. The molecule has 5 nitrogen and oxygen atoms in total. The number of likely N-dealkylation sites (tertiary alicyclic amines) is 1. The summed E-state index contributed by atoms with van der Waals surface area (Å²) in [5, 5.41) is 9.73. The van der Waals surface area contributed by atoms with E-state index >= 15 is 0 Å². The molecule has 0 unspecified atom stereocenters. The summed E-state index contributed by atoms with van der Waals surface area (Å²) in [5.41, 5.74) is -0.994. The maximum atomic E-state index is 11.7. The van der Waals surface area contributed by atoms with Crippen molar-refractivity contribution >= 4 is 6.09 Å². The predicted octanol–water partition coefficient (Wildman–Crippen LogP) is 0.757. The third-order valence-electron chi connectivity index (χ3n) is 2.96. The van der Waals surface area contributed by atoms with E-state index in [9.17, 15) is 9.90 Å². The topological polar surface area (TPSA) is 59.0 Å². The van der Waals surface area contributed by atoms with E-state index in [0.717, 1.165) is 0 Å². The van der Waals surface area contributed by atoms with Crippen LogP contribution in [0.4, 0.5) is 4.79 Å². The molecule has 0 aromatic heterocycles. The van der Waals surface area contributed by atoms with Gasteiger partial charge in [0.2, 0.25) is 0 Å². The number of hydrogen-bond acceptors (Lipinski definition) is 4. The van der Waals surface area contributed by atoms with Gasteiger partial charge in [0.25, 0.3) is 0 Å². The average Bonchev–Trinajstić information content (AvgIpc) is 2.40. The Balaban J connectivity index is 1.86. The van der Waals surface area contributed by atoms with E-state index < -0.39 is 17.3 Å². The fourth-order valence-electron chi connectivity index (χ4n) is 2.09. The molecule has 0 aromatic carbocycles. The zero-order valence-electron chi connectivity index (χ0n) is 10.0. The van der Waals surface area contributed by atoms with Gasteiger partial charge in [-0.2, -0.15) is 0 Å². The minimum absolute atomic E-state index is 0.333. The van der Waals surface area contributed by atoms with Crippen LogP contribution in [0, 0.1) is 0 Å². The molecule has 2 aliphatic heterocycles. The molecule has 0 radical (unpaired) electrons. The fourth-order valence-corrected chi connectivity index (χ4v) is 2.09. The molecule has 0 saturated carbocycles. The molecule has 2 aliphatic rings. The van der Waals surface area contributed by atoms with E-state index in [4.69, 9.17) is 9.47 Å². The van der Waals surface area contributed by atoms with Crippen LogP contribution < -0.4 is 0 Å². The second-order valence-electron chi connectivity index (χ2n) is 5.55. The van der Waals surface area contributed by atoms with Gasteiger partial charge in [0.1, 0.15) is 11.2 Å². The normalized spacial score (nSPS) is 28.0. The molecule has 1 amide bonds. The fraction of sp³-hybridized carbons (Fsp3) is 0.909. The van der Waals surface area contributed by atoms with Crippen molar-refractivity contribution in [1.82, 2.24) is 4.90 Å². The molecule has 1 spiro atoms. The molecule has 16 heavy (non-hydrogen) atoms. The maximum Gasteiger partial charge on any atom is 0.410 e. The van der Waals surface area contributed by atoms with Crippen LogP contribution in [0.5, 0.6) is 0 Å². The van der Waals surface area contributed by atoms with Crippen LogP contribution in [0.3, 0.4) is 0 Å². The molecule has 1 atom stereocenters. The molecule has 1 N–H and O–H groups in total. The Hall–Kier alpha value is -0.810. The zero-order valence-corrected chi connectivity index (χ0v) is 10.0. The Morgan fingerprint density at radius 1 is 1.50 bits per heavy atom. The number of aliphatic hydroxyl groups is 1. The number of aliphatic hydroxyl groups excluding tert-OH is 1. The van der Waals surface area contributed by atoms with Crippen molar-refractivity contribution in [1.29, 1.82) is 0 Å². The van der Waals surface area contributed by atoms with Gasteiger partial charge in [0.05, 0.1) is 25.8 Å². The lowest BCUT2D eigenvalue weighted by Gasteiger charge is -2.48. The van der Waals surface area contributed by atoms with Crippen molar-refractivity contribution in [3.05, 3.63) is 0 Å². The Morgan fingerprint density at radius 2 is 2.12 bits per heavy atom.